The summed E-state index contributed by atoms with van der Waals surface area (Å²) in [6.07, 6.45) is 4.11. The maximum absolute atomic E-state index is 10.3. The molecule has 0 bridgehead atoms. The van der Waals surface area contributed by atoms with Crippen LogP contribution in [0.1, 0.15) is 56.9 Å². The number of aromatic nitrogens is 1. The van der Waals surface area contributed by atoms with Crippen molar-refractivity contribution in [3.05, 3.63) is 29.7 Å². The lowest BCUT2D eigenvalue weighted by Gasteiger charge is -2.22. The van der Waals surface area contributed by atoms with Crippen molar-refractivity contribution in [2.75, 3.05) is 6.54 Å². The number of nitrogens with one attached hydrogen (secondary N) is 1. The van der Waals surface area contributed by atoms with Gasteiger partial charge in [0.1, 0.15) is 5.52 Å². The Balaban J connectivity index is 1.64. The molecule has 0 unspecified atom stereocenters. The summed E-state index contributed by atoms with van der Waals surface area (Å²) in [5, 5.41) is 13.7. The number of benzene rings is 1. The second-order valence-corrected chi connectivity index (χ2v) is 6.54. The van der Waals surface area contributed by atoms with Crippen molar-refractivity contribution in [3.63, 3.8) is 0 Å². The zero-order valence-corrected chi connectivity index (χ0v) is 12.9. The largest absolute Gasteiger partial charge is 0.440 e. The predicted octanol–water partition coefficient (Wildman–Crippen LogP) is 3.35. The first-order chi connectivity index (χ1) is 10.1. The van der Waals surface area contributed by atoms with Gasteiger partial charge in [0.2, 0.25) is 0 Å². The molecule has 0 amide bonds. The summed E-state index contributed by atoms with van der Waals surface area (Å²) in [5.74, 6) is 1.09. The van der Waals surface area contributed by atoms with Crippen molar-refractivity contribution in [1.82, 2.24) is 10.3 Å². The Morgan fingerprint density at radius 2 is 2.10 bits per heavy atom. The highest BCUT2D eigenvalue weighted by Crippen LogP contribution is 2.28. The smallest absolute Gasteiger partial charge is 0.198 e. The average Bonchev–Trinajstić information content (AvgIpc) is 3.05. The third-order valence-corrected chi connectivity index (χ3v) is 4.28. The quantitative estimate of drug-likeness (QED) is 0.886. The fraction of sp³-hybridized carbons (Fsp3) is 0.588. The third-order valence-electron chi connectivity index (χ3n) is 4.28. The fourth-order valence-electron chi connectivity index (χ4n) is 3.00. The number of hydrogen-bond acceptors (Lipinski definition) is 4. The Kier molecular flexibility index (Phi) is 4.00. The highest BCUT2D eigenvalue weighted by Gasteiger charge is 2.30. The van der Waals surface area contributed by atoms with Crippen molar-refractivity contribution >= 4 is 11.1 Å². The van der Waals surface area contributed by atoms with Crippen LogP contribution in [0.2, 0.25) is 0 Å². The third kappa shape index (κ3) is 3.27. The van der Waals surface area contributed by atoms with E-state index in [0.717, 1.165) is 49.2 Å². The summed E-state index contributed by atoms with van der Waals surface area (Å²) in [4.78, 5) is 4.53. The first kappa shape index (κ1) is 14.5. The van der Waals surface area contributed by atoms with E-state index in [4.69, 9.17) is 4.42 Å². The summed E-state index contributed by atoms with van der Waals surface area (Å²) < 4.78 is 5.71. The number of fused-ring (bicyclic) bond motifs is 1. The molecule has 0 saturated heterocycles. The lowest BCUT2D eigenvalue weighted by atomic mass is 10.0. The number of oxazole rings is 1. The van der Waals surface area contributed by atoms with Crippen LogP contribution in [0, 0.1) is 0 Å². The van der Waals surface area contributed by atoms with E-state index in [2.05, 4.69) is 36.3 Å². The molecule has 2 aromatic rings. The molecule has 4 heteroatoms. The summed E-state index contributed by atoms with van der Waals surface area (Å²) in [5.41, 5.74) is 2.44. The van der Waals surface area contributed by atoms with Gasteiger partial charge in [-0.3, -0.25) is 0 Å². The molecule has 1 aliphatic rings. The van der Waals surface area contributed by atoms with Crippen molar-refractivity contribution in [2.45, 2.75) is 57.6 Å². The molecule has 21 heavy (non-hydrogen) atoms. The van der Waals surface area contributed by atoms with Gasteiger partial charge in [-0.1, -0.05) is 32.8 Å². The molecule has 1 fully saturated rings. The first-order valence-corrected chi connectivity index (χ1v) is 7.88. The summed E-state index contributed by atoms with van der Waals surface area (Å²) >= 11 is 0. The van der Waals surface area contributed by atoms with Crippen LogP contribution in [0.4, 0.5) is 0 Å². The van der Waals surface area contributed by atoms with Crippen molar-refractivity contribution in [3.8, 4) is 0 Å². The van der Waals surface area contributed by atoms with E-state index in [0.29, 0.717) is 12.5 Å². The predicted molar refractivity (Wildman–Crippen MR) is 83.2 cm³/mol. The maximum Gasteiger partial charge on any atom is 0.198 e. The Bertz CT molecular complexity index is 612. The lowest BCUT2D eigenvalue weighted by molar-refractivity contribution is 0.0475. The monoisotopic (exact) mass is 288 g/mol. The summed E-state index contributed by atoms with van der Waals surface area (Å²) in [6, 6.07) is 6.11. The molecule has 0 aliphatic heterocycles. The molecular weight excluding hydrogens is 264 g/mol. The van der Waals surface area contributed by atoms with Gasteiger partial charge in [-0.15, -0.1) is 0 Å². The van der Waals surface area contributed by atoms with E-state index in [1.165, 1.54) is 5.56 Å². The molecule has 1 heterocycles. The van der Waals surface area contributed by atoms with Gasteiger partial charge in [0.25, 0.3) is 0 Å². The van der Waals surface area contributed by atoms with E-state index in [1.807, 2.05) is 6.07 Å². The van der Waals surface area contributed by atoms with Gasteiger partial charge < -0.3 is 14.8 Å². The first-order valence-electron chi connectivity index (χ1n) is 7.88. The van der Waals surface area contributed by atoms with Crippen molar-refractivity contribution < 1.29 is 9.52 Å². The van der Waals surface area contributed by atoms with Gasteiger partial charge in [-0.05, 0) is 30.5 Å². The molecule has 0 radical (unpaired) electrons. The number of aliphatic hydroxyl groups is 1. The molecule has 4 nitrogen and oxygen atoms in total. The minimum atomic E-state index is -0.497. The SMILES string of the molecule is CC(C)c1nc2cc(CNCC3(O)CCCC3)ccc2o1. The van der Waals surface area contributed by atoms with Crippen LogP contribution >= 0.6 is 0 Å². The van der Waals surface area contributed by atoms with Crippen LogP contribution < -0.4 is 5.32 Å². The number of rotatable bonds is 5. The number of hydrogen-bond donors (Lipinski definition) is 2. The van der Waals surface area contributed by atoms with E-state index < -0.39 is 5.60 Å². The van der Waals surface area contributed by atoms with Crippen LogP contribution in [0.15, 0.2) is 22.6 Å². The second-order valence-electron chi connectivity index (χ2n) is 6.54. The van der Waals surface area contributed by atoms with Gasteiger partial charge in [-0.25, -0.2) is 4.98 Å². The van der Waals surface area contributed by atoms with E-state index >= 15 is 0 Å². The molecular formula is C17H24N2O2. The Hall–Kier alpha value is -1.39. The summed E-state index contributed by atoms with van der Waals surface area (Å²) in [7, 11) is 0. The molecule has 0 spiro atoms. The van der Waals surface area contributed by atoms with Crippen molar-refractivity contribution in [1.29, 1.82) is 0 Å². The topological polar surface area (TPSA) is 58.3 Å². The van der Waals surface area contributed by atoms with E-state index in [9.17, 15) is 5.11 Å². The Labute approximate surface area is 125 Å². The van der Waals surface area contributed by atoms with E-state index in [1.54, 1.807) is 0 Å². The van der Waals surface area contributed by atoms with E-state index in [-0.39, 0.29) is 0 Å². The highest BCUT2D eigenvalue weighted by molar-refractivity contribution is 5.73. The van der Waals surface area contributed by atoms with Crippen LogP contribution in [0.5, 0.6) is 0 Å². The maximum atomic E-state index is 10.3. The van der Waals surface area contributed by atoms with Crippen LogP contribution in [-0.4, -0.2) is 22.2 Å². The minimum absolute atomic E-state index is 0.301. The van der Waals surface area contributed by atoms with Gasteiger partial charge in [-0.2, -0.15) is 0 Å². The molecule has 2 N–H and O–H groups in total. The molecule has 1 aromatic carbocycles. The minimum Gasteiger partial charge on any atom is -0.440 e. The molecule has 0 atom stereocenters. The Morgan fingerprint density at radius 3 is 2.81 bits per heavy atom. The van der Waals surface area contributed by atoms with Crippen molar-refractivity contribution in [2.24, 2.45) is 0 Å². The molecule has 114 valence electrons. The van der Waals surface area contributed by atoms with Gasteiger partial charge >= 0.3 is 0 Å². The lowest BCUT2D eigenvalue weighted by Crippen LogP contribution is -2.37. The van der Waals surface area contributed by atoms with Crippen LogP contribution in [-0.2, 0) is 6.54 Å². The highest BCUT2D eigenvalue weighted by atomic mass is 16.3. The van der Waals surface area contributed by atoms with Gasteiger partial charge in [0.05, 0.1) is 5.60 Å². The zero-order valence-electron chi connectivity index (χ0n) is 12.9. The van der Waals surface area contributed by atoms with Gasteiger partial charge in [0.15, 0.2) is 11.5 Å². The molecule has 3 rings (SSSR count). The molecule has 1 aromatic heterocycles. The average molecular weight is 288 g/mol. The molecule has 1 saturated carbocycles. The Morgan fingerprint density at radius 1 is 1.33 bits per heavy atom. The van der Waals surface area contributed by atoms with Crippen LogP contribution in [0.3, 0.4) is 0 Å². The zero-order chi connectivity index (χ0) is 14.9. The molecule has 1 aliphatic carbocycles. The van der Waals surface area contributed by atoms with Crippen LogP contribution in [0.25, 0.3) is 11.1 Å². The second kappa shape index (κ2) is 5.78. The normalized spacial score (nSPS) is 17.9. The number of nitrogens with zero attached hydrogens (tertiary/aromatic N) is 1. The summed E-state index contributed by atoms with van der Waals surface area (Å²) in [6.45, 7) is 5.58. The van der Waals surface area contributed by atoms with Gasteiger partial charge in [0, 0.05) is 19.0 Å². The standard InChI is InChI=1S/C17H24N2O2/c1-12(2)16-19-14-9-13(5-6-15(14)21-16)10-18-11-17(20)7-3-4-8-17/h5-6,9,12,18,20H,3-4,7-8,10-11H2,1-2H3. The fourth-order valence-corrected chi connectivity index (χ4v) is 3.00.